The number of nitrogens with one attached hydrogen (secondary N) is 1. The number of halogens is 1. The normalized spacial score (nSPS) is 11.0. The van der Waals surface area contributed by atoms with Crippen LogP contribution in [0.2, 0.25) is 0 Å². The molecule has 0 spiro atoms. The second-order valence-corrected chi connectivity index (χ2v) is 7.44. The molecule has 0 aliphatic carbocycles. The van der Waals surface area contributed by atoms with Gasteiger partial charge >= 0.3 is 0 Å². The van der Waals surface area contributed by atoms with Gasteiger partial charge in [0.05, 0.1) is 4.90 Å². The first-order chi connectivity index (χ1) is 10.3. The molecule has 0 aliphatic rings. The summed E-state index contributed by atoms with van der Waals surface area (Å²) in [5.74, 6) is -0.249. The van der Waals surface area contributed by atoms with E-state index in [0.29, 0.717) is 11.3 Å². The average Bonchev–Trinajstić information content (AvgIpc) is 2.48. The molecule has 2 aromatic rings. The molecule has 0 atom stereocenters. The van der Waals surface area contributed by atoms with Gasteiger partial charge in [-0.3, -0.25) is 9.52 Å². The van der Waals surface area contributed by atoms with Crippen molar-refractivity contribution in [2.45, 2.75) is 4.90 Å². The molecule has 0 saturated carbocycles. The second kappa shape index (κ2) is 6.50. The van der Waals surface area contributed by atoms with Crippen molar-refractivity contribution in [3.05, 3.63) is 58.6 Å². The minimum atomic E-state index is -3.74. The number of carbonyl (C=O) groups is 1. The fourth-order valence-electron chi connectivity index (χ4n) is 1.79. The lowest BCUT2D eigenvalue weighted by Crippen LogP contribution is -2.22. The monoisotopic (exact) mass is 382 g/mol. The number of nitrogens with zero attached hydrogens (tertiary/aromatic N) is 1. The zero-order valence-electron chi connectivity index (χ0n) is 12.1. The predicted molar refractivity (Wildman–Crippen MR) is 89.4 cm³/mol. The van der Waals surface area contributed by atoms with Crippen LogP contribution in [-0.2, 0) is 10.0 Å². The van der Waals surface area contributed by atoms with Crippen LogP contribution < -0.4 is 4.72 Å². The largest absolute Gasteiger partial charge is 0.345 e. The highest BCUT2D eigenvalue weighted by Crippen LogP contribution is 2.19. The molecule has 0 unspecified atom stereocenters. The summed E-state index contributed by atoms with van der Waals surface area (Å²) in [7, 11) is -0.515. The van der Waals surface area contributed by atoms with E-state index < -0.39 is 10.0 Å². The maximum absolute atomic E-state index is 12.4. The Kier molecular flexibility index (Phi) is 4.87. The average molecular weight is 383 g/mol. The molecule has 0 saturated heterocycles. The number of sulfonamides is 1. The van der Waals surface area contributed by atoms with Crippen molar-refractivity contribution in [1.29, 1.82) is 0 Å². The molecule has 0 aliphatic heterocycles. The Morgan fingerprint density at radius 1 is 1.09 bits per heavy atom. The minimum Gasteiger partial charge on any atom is -0.345 e. The summed E-state index contributed by atoms with van der Waals surface area (Å²) in [6.07, 6.45) is 0. The molecule has 7 heteroatoms. The van der Waals surface area contributed by atoms with Crippen LogP contribution >= 0.6 is 15.9 Å². The highest BCUT2D eigenvalue weighted by Gasteiger charge is 2.17. The van der Waals surface area contributed by atoms with Crippen LogP contribution in [0, 0.1) is 0 Å². The summed E-state index contributed by atoms with van der Waals surface area (Å²) < 4.78 is 28.1. The lowest BCUT2D eigenvalue weighted by molar-refractivity contribution is 0.0827. The van der Waals surface area contributed by atoms with Gasteiger partial charge in [0.1, 0.15) is 0 Å². The SMILES string of the molecule is CN(C)C(=O)c1cccc(S(=O)(=O)Nc2ccc(Br)cc2)c1. The maximum atomic E-state index is 12.4. The summed E-state index contributed by atoms with van der Waals surface area (Å²) in [6.45, 7) is 0. The van der Waals surface area contributed by atoms with Gasteiger partial charge in [-0.2, -0.15) is 0 Å². The molecular formula is C15H15BrN2O3S. The Labute approximate surface area is 138 Å². The molecule has 22 heavy (non-hydrogen) atoms. The van der Waals surface area contributed by atoms with Crippen LogP contribution in [0.15, 0.2) is 57.9 Å². The molecule has 1 amide bonds. The van der Waals surface area contributed by atoms with Gasteiger partial charge in [-0.1, -0.05) is 22.0 Å². The van der Waals surface area contributed by atoms with Gasteiger partial charge in [-0.05, 0) is 42.5 Å². The Balaban J connectivity index is 2.31. The summed E-state index contributed by atoms with van der Waals surface area (Å²) in [6, 6.07) is 12.7. The lowest BCUT2D eigenvalue weighted by Gasteiger charge is -2.12. The van der Waals surface area contributed by atoms with Crippen LogP contribution in [0.1, 0.15) is 10.4 Å². The number of rotatable bonds is 4. The molecule has 0 radical (unpaired) electrons. The van der Waals surface area contributed by atoms with Gasteiger partial charge in [0.2, 0.25) is 0 Å². The zero-order chi connectivity index (χ0) is 16.3. The first kappa shape index (κ1) is 16.5. The van der Waals surface area contributed by atoms with Gasteiger partial charge in [0, 0.05) is 29.8 Å². The van der Waals surface area contributed by atoms with E-state index in [1.54, 1.807) is 50.5 Å². The summed E-state index contributed by atoms with van der Waals surface area (Å²) in [5, 5.41) is 0. The van der Waals surface area contributed by atoms with Gasteiger partial charge < -0.3 is 4.90 Å². The number of benzene rings is 2. The van der Waals surface area contributed by atoms with E-state index in [-0.39, 0.29) is 10.8 Å². The quantitative estimate of drug-likeness (QED) is 0.883. The smallest absolute Gasteiger partial charge is 0.261 e. The number of anilines is 1. The van der Waals surface area contributed by atoms with Crippen molar-refractivity contribution >= 4 is 37.5 Å². The topological polar surface area (TPSA) is 66.5 Å². The standard InChI is InChI=1S/C15H15BrN2O3S/c1-18(2)15(19)11-4-3-5-14(10-11)22(20,21)17-13-8-6-12(16)7-9-13/h3-10,17H,1-2H3. The molecular weight excluding hydrogens is 368 g/mol. The van der Waals surface area contributed by atoms with Crippen LogP contribution in [0.25, 0.3) is 0 Å². The molecule has 2 aromatic carbocycles. The van der Waals surface area contributed by atoms with Crippen LogP contribution in [0.5, 0.6) is 0 Å². The number of hydrogen-bond donors (Lipinski definition) is 1. The fraction of sp³-hybridized carbons (Fsp3) is 0.133. The Morgan fingerprint density at radius 3 is 2.32 bits per heavy atom. The van der Waals surface area contributed by atoms with Gasteiger partial charge in [0.15, 0.2) is 0 Å². The summed E-state index contributed by atoms with van der Waals surface area (Å²) >= 11 is 3.29. The van der Waals surface area contributed by atoms with Crippen LogP contribution in [0.4, 0.5) is 5.69 Å². The molecule has 0 heterocycles. The molecule has 0 fully saturated rings. The predicted octanol–water partition coefficient (Wildman–Crippen LogP) is 2.95. The summed E-state index contributed by atoms with van der Waals surface area (Å²) in [4.78, 5) is 13.4. The van der Waals surface area contributed by atoms with E-state index in [1.807, 2.05) is 0 Å². The van der Waals surface area contributed by atoms with E-state index in [2.05, 4.69) is 20.7 Å². The highest BCUT2D eigenvalue weighted by atomic mass is 79.9. The molecule has 0 bridgehead atoms. The molecule has 1 N–H and O–H groups in total. The number of carbonyl (C=O) groups excluding carboxylic acids is 1. The first-order valence-electron chi connectivity index (χ1n) is 6.40. The fourth-order valence-corrected chi connectivity index (χ4v) is 3.15. The van der Waals surface area contributed by atoms with Gasteiger partial charge in [-0.25, -0.2) is 8.42 Å². The van der Waals surface area contributed by atoms with E-state index >= 15 is 0 Å². The zero-order valence-corrected chi connectivity index (χ0v) is 14.5. The van der Waals surface area contributed by atoms with Crippen molar-refractivity contribution in [2.24, 2.45) is 0 Å². The Morgan fingerprint density at radius 2 is 1.73 bits per heavy atom. The van der Waals surface area contributed by atoms with Crippen molar-refractivity contribution < 1.29 is 13.2 Å². The van der Waals surface area contributed by atoms with Crippen molar-refractivity contribution in [2.75, 3.05) is 18.8 Å². The molecule has 0 aromatic heterocycles. The van der Waals surface area contributed by atoms with Gasteiger partial charge in [-0.15, -0.1) is 0 Å². The highest BCUT2D eigenvalue weighted by molar-refractivity contribution is 9.10. The van der Waals surface area contributed by atoms with Crippen molar-refractivity contribution in [3.8, 4) is 0 Å². The van der Waals surface area contributed by atoms with Crippen LogP contribution in [-0.4, -0.2) is 33.3 Å². The lowest BCUT2D eigenvalue weighted by atomic mass is 10.2. The van der Waals surface area contributed by atoms with E-state index in [0.717, 1.165) is 4.47 Å². The van der Waals surface area contributed by atoms with E-state index in [1.165, 1.54) is 17.0 Å². The third kappa shape index (κ3) is 3.86. The maximum Gasteiger partial charge on any atom is 0.261 e. The molecule has 116 valence electrons. The van der Waals surface area contributed by atoms with E-state index in [9.17, 15) is 13.2 Å². The Bertz CT molecular complexity index is 787. The van der Waals surface area contributed by atoms with Crippen molar-refractivity contribution in [1.82, 2.24) is 4.90 Å². The Hall–Kier alpha value is -1.86. The first-order valence-corrected chi connectivity index (χ1v) is 8.67. The minimum absolute atomic E-state index is 0.0446. The van der Waals surface area contributed by atoms with E-state index in [4.69, 9.17) is 0 Å². The molecule has 5 nitrogen and oxygen atoms in total. The van der Waals surface area contributed by atoms with Crippen LogP contribution in [0.3, 0.4) is 0 Å². The number of hydrogen-bond acceptors (Lipinski definition) is 3. The third-order valence-electron chi connectivity index (χ3n) is 2.89. The van der Waals surface area contributed by atoms with Crippen molar-refractivity contribution in [3.63, 3.8) is 0 Å². The second-order valence-electron chi connectivity index (χ2n) is 4.84. The van der Waals surface area contributed by atoms with Gasteiger partial charge in [0.25, 0.3) is 15.9 Å². The number of amides is 1. The molecule has 2 rings (SSSR count). The third-order valence-corrected chi connectivity index (χ3v) is 4.80. The summed E-state index contributed by atoms with van der Waals surface area (Å²) in [5.41, 5.74) is 0.774.